The Balaban J connectivity index is 1.65. The van der Waals surface area contributed by atoms with E-state index < -0.39 is 17.4 Å². The lowest BCUT2D eigenvalue weighted by molar-refractivity contribution is -0.140. The molecule has 2 heterocycles. The van der Waals surface area contributed by atoms with Gasteiger partial charge < -0.3 is 19.6 Å². The molecule has 0 fully saturated rings. The number of rotatable bonds is 6. The van der Waals surface area contributed by atoms with Crippen molar-refractivity contribution in [3.05, 3.63) is 89.5 Å². The molecule has 3 aromatic carbocycles. The van der Waals surface area contributed by atoms with E-state index >= 15 is 0 Å². The zero-order chi connectivity index (χ0) is 23.7. The van der Waals surface area contributed by atoms with Gasteiger partial charge in [-0.25, -0.2) is 0 Å². The SMILES string of the molecule is COc1cc(C2=NO[C@@]3(C(=O)Nc4ccccc43)[C@H]2C(=O)c2ccccc2)ccc1OCC#N. The van der Waals surface area contributed by atoms with Crippen molar-refractivity contribution in [3.8, 4) is 17.6 Å². The van der Waals surface area contributed by atoms with Gasteiger partial charge in [0.2, 0.25) is 0 Å². The summed E-state index contributed by atoms with van der Waals surface area (Å²) in [6.45, 7) is -0.144. The van der Waals surface area contributed by atoms with Crippen molar-refractivity contribution in [2.24, 2.45) is 11.1 Å². The predicted molar refractivity (Wildman–Crippen MR) is 123 cm³/mol. The molecule has 0 bridgehead atoms. The number of carbonyl (C=O) groups excluding carboxylic acids is 2. The first kappa shape index (κ1) is 21.2. The van der Waals surface area contributed by atoms with Gasteiger partial charge in [-0.05, 0) is 24.3 Å². The molecule has 2 aliphatic rings. The summed E-state index contributed by atoms with van der Waals surface area (Å²) < 4.78 is 10.8. The summed E-state index contributed by atoms with van der Waals surface area (Å²) in [5.41, 5.74) is 0.752. The van der Waals surface area contributed by atoms with Crippen molar-refractivity contribution in [1.29, 1.82) is 5.26 Å². The van der Waals surface area contributed by atoms with Crippen LogP contribution in [0.2, 0.25) is 0 Å². The number of benzene rings is 3. The van der Waals surface area contributed by atoms with E-state index in [0.717, 1.165) is 0 Å². The standard InChI is InChI=1S/C26H19N3O5/c1-32-21-15-17(11-12-20(21)33-14-13-27)23-22(24(30)16-7-3-2-4-8-16)26(34-29-23)18-9-5-6-10-19(18)28-25(26)31/h2-12,15,22H,14H2,1H3,(H,28,31)/t22-,26-/m1/s1. The Bertz CT molecular complexity index is 1360. The Morgan fingerprint density at radius 1 is 1.12 bits per heavy atom. The number of carbonyl (C=O) groups is 2. The number of amides is 1. The Morgan fingerprint density at radius 3 is 2.65 bits per heavy atom. The lowest BCUT2D eigenvalue weighted by atomic mass is 9.74. The second-order valence-corrected chi connectivity index (χ2v) is 7.78. The number of methoxy groups -OCH3 is 1. The van der Waals surface area contributed by atoms with Gasteiger partial charge in [-0.2, -0.15) is 5.26 Å². The summed E-state index contributed by atoms with van der Waals surface area (Å²) >= 11 is 0. The van der Waals surface area contributed by atoms with E-state index in [1.165, 1.54) is 7.11 Å². The summed E-state index contributed by atoms with van der Waals surface area (Å²) in [5, 5.41) is 15.9. The van der Waals surface area contributed by atoms with Crippen molar-refractivity contribution in [3.63, 3.8) is 0 Å². The topological polar surface area (TPSA) is 110 Å². The fourth-order valence-electron chi connectivity index (χ4n) is 4.40. The van der Waals surface area contributed by atoms with Crippen molar-refractivity contribution in [1.82, 2.24) is 0 Å². The fourth-order valence-corrected chi connectivity index (χ4v) is 4.40. The maximum atomic E-state index is 13.9. The molecule has 0 saturated carbocycles. The number of hydrogen-bond acceptors (Lipinski definition) is 7. The van der Waals surface area contributed by atoms with Crippen LogP contribution in [0, 0.1) is 17.2 Å². The van der Waals surface area contributed by atoms with Crippen molar-refractivity contribution in [2.75, 3.05) is 19.0 Å². The minimum Gasteiger partial charge on any atom is -0.493 e. The fraction of sp³-hybridized carbons (Fsp3) is 0.154. The van der Waals surface area contributed by atoms with E-state index in [4.69, 9.17) is 19.6 Å². The molecule has 8 nitrogen and oxygen atoms in total. The molecule has 3 aromatic rings. The predicted octanol–water partition coefficient (Wildman–Crippen LogP) is 3.68. The van der Waals surface area contributed by atoms with Gasteiger partial charge in [-0.3, -0.25) is 9.59 Å². The van der Waals surface area contributed by atoms with Crippen LogP contribution in [-0.2, 0) is 15.2 Å². The number of ketones is 1. The summed E-state index contributed by atoms with van der Waals surface area (Å²) in [5.74, 6) is -1.07. The van der Waals surface area contributed by atoms with Gasteiger partial charge in [0.1, 0.15) is 17.7 Å². The molecule has 0 aliphatic carbocycles. The van der Waals surface area contributed by atoms with Gasteiger partial charge in [-0.1, -0.05) is 53.7 Å². The second kappa shape index (κ2) is 8.37. The Labute approximate surface area is 195 Å². The highest BCUT2D eigenvalue weighted by atomic mass is 16.7. The van der Waals surface area contributed by atoms with E-state index in [-0.39, 0.29) is 12.4 Å². The monoisotopic (exact) mass is 453 g/mol. The van der Waals surface area contributed by atoms with Crippen molar-refractivity contribution in [2.45, 2.75) is 5.60 Å². The van der Waals surface area contributed by atoms with E-state index in [1.54, 1.807) is 66.7 Å². The van der Waals surface area contributed by atoms with Crippen LogP contribution in [0.15, 0.2) is 78.0 Å². The molecule has 8 heteroatoms. The Hall–Kier alpha value is -4.64. The maximum absolute atomic E-state index is 13.9. The van der Waals surface area contributed by atoms with Crippen LogP contribution in [0.4, 0.5) is 5.69 Å². The molecule has 0 aromatic heterocycles. The summed E-state index contributed by atoms with van der Waals surface area (Å²) in [7, 11) is 1.47. The highest BCUT2D eigenvalue weighted by molar-refractivity contribution is 6.24. The lowest BCUT2D eigenvalue weighted by Gasteiger charge is -2.26. The number of anilines is 1. The smallest absolute Gasteiger partial charge is 0.277 e. The average Bonchev–Trinajstić information content (AvgIpc) is 3.41. The number of para-hydroxylation sites is 1. The number of nitrogens with one attached hydrogen (secondary N) is 1. The van der Waals surface area contributed by atoms with Gasteiger partial charge in [0, 0.05) is 22.4 Å². The Morgan fingerprint density at radius 2 is 1.88 bits per heavy atom. The molecule has 2 aliphatic heterocycles. The van der Waals surface area contributed by atoms with Crippen LogP contribution in [0.3, 0.4) is 0 Å². The minimum atomic E-state index is -1.64. The average molecular weight is 453 g/mol. The van der Waals surface area contributed by atoms with Gasteiger partial charge in [0.05, 0.1) is 7.11 Å². The molecular formula is C26H19N3O5. The van der Waals surface area contributed by atoms with E-state index in [2.05, 4.69) is 10.5 Å². The number of ether oxygens (including phenoxy) is 2. The van der Waals surface area contributed by atoms with Gasteiger partial charge in [0.15, 0.2) is 23.9 Å². The highest BCUT2D eigenvalue weighted by Gasteiger charge is 2.63. The van der Waals surface area contributed by atoms with Crippen molar-refractivity contribution >= 4 is 23.1 Å². The number of nitriles is 1. The number of Topliss-reactive ketones (excluding diaryl/α,β-unsaturated/α-hetero) is 1. The number of fused-ring (bicyclic) bond motifs is 2. The highest BCUT2D eigenvalue weighted by Crippen LogP contribution is 2.50. The van der Waals surface area contributed by atoms with E-state index in [9.17, 15) is 9.59 Å². The van der Waals surface area contributed by atoms with E-state index in [0.29, 0.717) is 39.6 Å². The maximum Gasteiger partial charge on any atom is 0.277 e. The third-order valence-electron chi connectivity index (χ3n) is 5.95. The normalized spacial score (nSPS) is 20.1. The lowest BCUT2D eigenvalue weighted by Crippen LogP contribution is -2.46. The second-order valence-electron chi connectivity index (χ2n) is 7.78. The molecule has 0 radical (unpaired) electrons. The first-order valence-corrected chi connectivity index (χ1v) is 10.5. The molecule has 34 heavy (non-hydrogen) atoms. The van der Waals surface area contributed by atoms with Gasteiger partial charge >= 0.3 is 0 Å². The summed E-state index contributed by atoms with van der Waals surface area (Å²) in [6, 6.07) is 22.7. The third-order valence-corrected chi connectivity index (χ3v) is 5.95. The minimum absolute atomic E-state index is 0.144. The van der Waals surface area contributed by atoms with Crippen LogP contribution in [0.1, 0.15) is 21.5 Å². The zero-order valence-electron chi connectivity index (χ0n) is 18.1. The van der Waals surface area contributed by atoms with Crippen molar-refractivity contribution < 1.29 is 23.9 Å². The molecular weight excluding hydrogens is 434 g/mol. The largest absolute Gasteiger partial charge is 0.493 e. The molecule has 1 N–H and O–H groups in total. The number of oxime groups is 1. The molecule has 2 atom stereocenters. The van der Waals surface area contributed by atoms with Crippen LogP contribution in [0.5, 0.6) is 11.5 Å². The van der Waals surface area contributed by atoms with Crippen LogP contribution < -0.4 is 14.8 Å². The quantitative estimate of drug-likeness (QED) is 0.570. The molecule has 5 rings (SSSR count). The molecule has 1 amide bonds. The summed E-state index contributed by atoms with van der Waals surface area (Å²) in [4.78, 5) is 33.1. The molecule has 168 valence electrons. The Kier molecular flexibility index (Phi) is 5.22. The molecule has 0 unspecified atom stereocenters. The zero-order valence-corrected chi connectivity index (χ0v) is 18.1. The van der Waals surface area contributed by atoms with Gasteiger partial charge in [0.25, 0.3) is 11.5 Å². The van der Waals surface area contributed by atoms with Crippen LogP contribution >= 0.6 is 0 Å². The first-order valence-electron chi connectivity index (χ1n) is 10.5. The van der Waals surface area contributed by atoms with E-state index in [1.807, 2.05) is 12.1 Å². The number of nitrogens with zero attached hydrogens (tertiary/aromatic N) is 2. The molecule has 1 spiro atoms. The van der Waals surface area contributed by atoms with Gasteiger partial charge in [-0.15, -0.1) is 0 Å². The first-order chi connectivity index (χ1) is 16.6. The summed E-state index contributed by atoms with van der Waals surface area (Å²) in [6.07, 6.45) is 0. The third kappa shape index (κ3) is 3.18. The number of hydrogen-bond donors (Lipinski definition) is 1. The van der Waals surface area contributed by atoms with Crippen LogP contribution in [0.25, 0.3) is 0 Å². The van der Waals surface area contributed by atoms with Crippen LogP contribution in [-0.4, -0.2) is 31.1 Å². The molecule has 0 saturated heterocycles.